The van der Waals surface area contributed by atoms with Gasteiger partial charge < -0.3 is 9.64 Å². The Balaban J connectivity index is 2.80. The maximum atomic E-state index is 12.3. The molecule has 0 aliphatic rings. The normalized spacial score (nSPS) is 10.1. The van der Waals surface area contributed by atoms with Crippen LogP contribution in [0, 0.1) is 3.57 Å². The molecule has 0 bridgehead atoms. The number of benzene rings is 1. The largest absolute Gasteiger partial charge is 0.465 e. The molecule has 0 unspecified atom stereocenters. The molecule has 0 aliphatic heterocycles. The summed E-state index contributed by atoms with van der Waals surface area (Å²) in [6, 6.07) is 7.34. The van der Waals surface area contributed by atoms with Gasteiger partial charge in [-0.05, 0) is 54.1 Å². The molecule has 5 heteroatoms. The lowest BCUT2D eigenvalue weighted by Crippen LogP contribution is -2.37. The Hall–Kier alpha value is -1.11. The first-order chi connectivity index (χ1) is 9.08. The summed E-state index contributed by atoms with van der Waals surface area (Å²) >= 11 is 2.16. The lowest BCUT2D eigenvalue weighted by molar-refractivity contribution is -0.143. The van der Waals surface area contributed by atoms with Crippen molar-refractivity contribution in [3.8, 4) is 0 Å². The summed E-state index contributed by atoms with van der Waals surface area (Å²) in [5, 5.41) is 0. The van der Waals surface area contributed by atoms with Gasteiger partial charge in [-0.2, -0.15) is 0 Å². The van der Waals surface area contributed by atoms with Gasteiger partial charge in [0.25, 0.3) is 5.91 Å². The van der Waals surface area contributed by atoms with E-state index in [1.54, 1.807) is 13.0 Å². The van der Waals surface area contributed by atoms with Crippen LogP contribution >= 0.6 is 22.6 Å². The topological polar surface area (TPSA) is 46.6 Å². The maximum Gasteiger partial charge on any atom is 0.325 e. The van der Waals surface area contributed by atoms with Crippen LogP contribution in [0.15, 0.2) is 24.3 Å². The first-order valence-electron chi connectivity index (χ1n) is 6.29. The average molecular weight is 375 g/mol. The van der Waals surface area contributed by atoms with E-state index in [0.717, 1.165) is 9.99 Å². The van der Waals surface area contributed by atoms with Crippen molar-refractivity contribution in [3.63, 3.8) is 0 Å². The fourth-order valence-corrected chi connectivity index (χ4v) is 2.23. The van der Waals surface area contributed by atoms with Crippen molar-refractivity contribution in [2.75, 3.05) is 19.7 Å². The molecule has 0 radical (unpaired) electrons. The molecular formula is C14H18INO3. The molecule has 0 fully saturated rings. The van der Waals surface area contributed by atoms with Crippen LogP contribution in [0.3, 0.4) is 0 Å². The first-order valence-corrected chi connectivity index (χ1v) is 7.36. The third-order valence-corrected chi connectivity index (χ3v) is 3.15. The number of carbonyl (C=O) groups excluding carboxylic acids is 2. The minimum absolute atomic E-state index is 0.00594. The van der Waals surface area contributed by atoms with Crippen molar-refractivity contribution in [1.82, 2.24) is 4.90 Å². The second-order valence-electron chi connectivity index (χ2n) is 4.04. The Kier molecular flexibility index (Phi) is 6.83. The summed E-state index contributed by atoms with van der Waals surface area (Å²) in [5.41, 5.74) is 0.602. The van der Waals surface area contributed by atoms with Gasteiger partial charge >= 0.3 is 5.97 Å². The number of carbonyl (C=O) groups is 2. The molecule has 0 aliphatic carbocycles. The summed E-state index contributed by atoms with van der Waals surface area (Å²) in [5.74, 6) is -0.497. The summed E-state index contributed by atoms with van der Waals surface area (Å²) in [7, 11) is 0. The van der Waals surface area contributed by atoms with Crippen LogP contribution in [0.4, 0.5) is 0 Å². The number of amides is 1. The predicted molar refractivity (Wildman–Crippen MR) is 82.0 cm³/mol. The fraction of sp³-hybridized carbons (Fsp3) is 0.429. The van der Waals surface area contributed by atoms with E-state index < -0.39 is 0 Å². The molecule has 0 heterocycles. The minimum Gasteiger partial charge on any atom is -0.465 e. The monoisotopic (exact) mass is 375 g/mol. The highest BCUT2D eigenvalue weighted by Gasteiger charge is 2.18. The highest BCUT2D eigenvalue weighted by molar-refractivity contribution is 14.1. The molecule has 1 aromatic carbocycles. The Labute approximate surface area is 127 Å². The van der Waals surface area contributed by atoms with Gasteiger partial charge in [0.15, 0.2) is 0 Å². The van der Waals surface area contributed by atoms with E-state index >= 15 is 0 Å². The molecular weight excluding hydrogens is 357 g/mol. The van der Waals surface area contributed by atoms with Gasteiger partial charge in [-0.3, -0.25) is 9.59 Å². The molecule has 19 heavy (non-hydrogen) atoms. The summed E-state index contributed by atoms with van der Waals surface area (Å²) in [6.45, 7) is 4.61. The predicted octanol–water partition coefficient (Wildman–Crippen LogP) is 2.71. The Morgan fingerprint density at radius 1 is 1.32 bits per heavy atom. The van der Waals surface area contributed by atoms with E-state index in [0.29, 0.717) is 18.7 Å². The summed E-state index contributed by atoms with van der Waals surface area (Å²) in [6.07, 6.45) is 0.801. The Bertz CT molecular complexity index is 448. The van der Waals surface area contributed by atoms with Crippen molar-refractivity contribution < 1.29 is 14.3 Å². The van der Waals surface area contributed by atoms with Crippen molar-refractivity contribution in [2.45, 2.75) is 20.3 Å². The zero-order valence-corrected chi connectivity index (χ0v) is 13.3. The lowest BCUT2D eigenvalue weighted by atomic mass is 10.2. The molecule has 104 valence electrons. The molecule has 0 saturated carbocycles. The number of hydrogen-bond donors (Lipinski definition) is 0. The molecule has 1 rings (SSSR count). The summed E-state index contributed by atoms with van der Waals surface area (Å²) < 4.78 is 5.89. The molecule has 0 spiro atoms. The second-order valence-corrected chi connectivity index (χ2v) is 5.29. The second kappa shape index (κ2) is 8.14. The van der Waals surface area contributed by atoms with Crippen LogP contribution in [0.2, 0.25) is 0 Å². The van der Waals surface area contributed by atoms with E-state index in [1.165, 1.54) is 4.90 Å². The Morgan fingerprint density at radius 3 is 2.63 bits per heavy atom. The molecule has 0 saturated heterocycles. The van der Waals surface area contributed by atoms with Crippen LogP contribution in [0.25, 0.3) is 0 Å². The quantitative estimate of drug-likeness (QED) is 0.568. The SMILES string of the molecule is CCCN(CC(=O)OCC)C(=O)c1cccc(I)c1. The summed E-state index contributed by atoms with van der Waals surface area (Å²) in [4.78, 5) is 25.4. The number of esters is 1. The van der Waals surface area contributed by atoms with E-state index in [4.69, 9.17) is 4.74 Å². The molecule has 0 atom stereocenters. The maximum absolute atomic E-state index is 12.3. The highest BCUT2D eigenvalue weighted by Crippen LogP contribution is 2.11. The van der Waals surface area contributed by atoms with Gasteiger partial charge in [0.1, 0.15) is 6.54 Å². The highest BCUT2D eigenvalue weighted by atomic mass is 127. The minimum atomic E-state index is -0.366. The van der Waals surface area contributed by atoms with E-state index in [9.17, 15) is 9.59 Å². The molecule has 1 aromatic rings. The lowest BCUT2D eigenvalue weighted by Gasteiger charge is -2.21. The van der Waals surface area contributed by atoms with Crippen LogP contribution in [0.5, 0.6) is 0 Å². The van der Waals surface area contributed by atoms with Gasteiger partial charge in [0.2, 0.25) is 0 Å². The van der Waals surface area contributed by atoms with Crippen LogP contribution in [-0.4, -0.2) is 36.5 Å². The third-order valence-electron chi connectivity index (χ3n) is 2.48. The zero-order valence-electron chi connectivity index (χ0n) is 11.2. The van der Waals surface area contributed by atoms with E-state index in [-0.39, 0.29) is 18.4 Å². The van der Waals surface area contributed by atoms with Crippen molar-refractivity contribution in [1.29, 1.82) is 0 Å². The number of hydrogen-bond acceptors (Lipinski definition) is 3. The number of rotatable bonds is 6. The number of nitrogens with zero attached hydrogens (tertiary/aromatic N) is 1. The smallest absolute Gasteiger partial charge is 0.325 e. The standard InChI is InChI=1S/C14H18INO3/c1-3-8-16(10-13(17)19-4-2)14(18)11-6-5-7-12(15)9-11/h5-7,9H,3-4,8,10H2,1-2H3. The molecule has 0 aromatic heterocycles. The van der Waals surface area contributed by atoms with Gasteiger partial charge in [0.05, 0.1) is 6.61 Å². The van der Waals surface area contributed by atoms with Crippen molar-refractivity contribution >= 4 is 34.5 Å². The first kappa shape index (κ1) is 15.9. The van der Waals surface area contributed by atoms with Gasteiger partial charge in [0, 0.05) is 15.7 Å². The van der Waals surface area contributed by atoms with Crippen LogP contribution in [0.1, 0.15) is 30.6 Å². The van der Waals surface area contributed by atoms with Crippen LogP contribution < -0.4 is 0 Å². The van der Waals surface area contributed by atoms with Crippen molar-refractivity contribution in [2.24, 2.45) is 0 Å². The average Bonchev–Trinajstić information content (AvgIpc) is 2.37. The number of ether oxygens (including phenoxy) is 1. The van der Waals surface area contributed by atoms with E-state index in [1.807, 2.05) is 25.1 Å². The van der Waals surface area contributed by atoms with Crippen molar-refractivity contribution in [3.05, 3.63) is 33.4 Å². The van der Waals surface area contributed by atoms with Gasteiger partial charge in [-0.1, -0.05) is 13.0 Å². The van der Waals surface area contributed by atoms with Gasteiger partial charge in [-0.25, -0.2) is 0 Å². The number of halogens is 1. The molecule has 0 N–H and O–H groups in total. The third kappa shape index (κ3) is 5.18. The van der Waals surface area contributed by atoms with Crippen LogP contribution in [-0.2, 0) is 9.53 Å². The zero-order chi connectivity index (χ0) is 14.3. The molecule has 4 nitrogen and oxygen atoms in total. The molecule has 1 amide bonds. The Morgan fingerprint density at radius 2 is 2.05 bits per heavy atom. The fourth-order valence-electron chi connectivity index (χ4n) is 1.69. The van der Waals surface area contributed by atoms with E-state index in [2.05, 4.69) is 22.6 Å². The van der Waals surface area contributed by atoms with Gasteiger partial charge in [-0.15, -0.1) is 0 Å².